The third-order valence-electron chi connectivity index (χ3n) is 3.55. The van der Waals surface area contributed by atoms with Crippen LogP contribution in [-0.4, -0.2) is 25.6 Å². The minimum absolute atomic E-state index is 0.162. The van der Waals surface area contributed by atoms with Crippen molar-refractivity contribution < 1.29 is 9.72 Å². The molecule has 1 N–H and O–H groups in total. The second-order valence-corrected chi connectivity index (χ2v) is 5.95. The summed E-state index contributed by atoms with van der Waals surface area (Å²) in [5, 5.41) is 18.3. The summed E-state index contributed by atoms with van der Waals surface area (Å²) in [4.78, 5) is 26.9. The number of nitrogens with zero attached hydrogens (tertiary/aromatic N) is 4. The molecular formula is C15H12BrN5O3. The van der Waals surface area contributed by atoms with E-state index in [0.717, 1.165) is 16.1 Å². The molecule has 0 aliphatic heterocycles. The minimum atomic E-state index is -0.707. The van der Waals surface area contributed by atoms with Crippen molar-refractivity contribution >= 4 is 44.1 Å². The number of fused-ring (bicyclic) bond motifs is 1. The van der Waals surface area contributed by atoms with Crippen LogP contribution in [-0.2, 0) is 4.79 Å². The Morgan fingerprint density at radius 2 is 2.21 bits per heavy atom. The molecule has 0 saturated carbocycles. The van der Waals surface area contributed by atoms with Crippen molar-refractivity contribution in [1.82, 2.24) is 14.8 Å². The molecule has 122 valence electrons. The van der Waals surface area contributed by atoms with Crippen molar-refractivity contribution in [3.8, 4) is 0 Å². The largest absolute Gasteiger partial charge is 0.322 e. The number of rotatable bonds is 4. The van der Waals surface area contributed by atoms with Gasteiger partial charge in [0.25, 0.3) is 0 Å². The highest BCUT2D eigenvalue weighted by Crippen LogP contribution is 2.28. The average Bonchev–Trinajstić information content (AvgIpc) is 3.07. The van der Waals surface area contributed by atoms with Crippen LogP contribution in [0.4, 0.5) is 11.4 Å². The fourth-order valence-corrected chi connectivity index (χ4v) is 2.68. The molecule has 2 heterocycles. The number of benzene rings is 1. The van der Waals surface area contributed by atoms with Gasteiger partial charge in [-0.05, 0) is 25.1 Å². The molecule has 1 atom stereocenters. The molecule has 0 aliphatic rings. The number of amides is 1. The second-order valence-electron chi connectivity index (χ2n) is 5.10. The first-order chi connectivity index (χ1) is 11.5. The van der Waals surface area contributed by atoms with Gasteiger partial charge in [0.2, 0.25) is 5.91 Å². The molecule has 0 fully saturated rings. The van der Waals surface area contributed by atoms with Gasteiger partial charge in [0, 0.05) is 16.1 Å². The van der Waals surface area contributed by atoms with Crippen molar-refractivity contribution in [2.45, 2.75) is 13.0 Å². The summed E-state index contributed by atoms with van der Waals surface area (Å²) in [6, 6.07) is 6.56. The Kier molecular flexibility index (Phi) is 4.26. The number of nitro groups is 1. The summed E-state index contributed by atoms with van der Waals surface area (Å²) in [5.74, 6) is -0.345. The zero-order valence-corrected chi connectivity index (χ0v) is 14.1. The number of aromatic nitrogens is 3. The molecule has 0 radical (unpaired) electrons. The van der Waals surface area contributed by atoms with Gasteiger partial charge in [-0.1, -0.05) is 22.0 Å². The quantitative estimate of drug-likeness (QED) is 0.544. The highest BCUT2D eigenvalue weighted by molar-refractivity contribution is 9.10. The lowest BCUT2D eigenvalue weighted by Gasteiger charge is -2.14. The van der Waals surface area contributed by atoms with Crippen LogP contribution in [0.1, 0.15) is 13.0 Å². The van der Waals surface area contributed by atoms with E-state index in [1.54, 1.807) is 19.2 Å². The zero-order valence-electron chi connectivity index (χ0n) is 12.5. The number of anilines is 1. The van der Waals surface area contributed by atoms with E-state index in [0.29, 0.717) is 11.2 Å². The highest BCUT2D eigenvalue weighted by atomic mass is 79.9. The van der Waals surface area contributed by atoms with Gasteiger partial charge in [0.1, 0.15) is 18.4 Å². The molecule has 0 aliphatic carbocycles. The van der Waals surface area contributed by atoms with E-state index in [1.165, 1.54) is 10.9 Å². The Balaban J connectivity index is 1.86. The van der Waals surface area contributed by atoms with Crippen LogP contribution < -0.4 is 5.32 Å². The normalized spacial score (nSPS) is 12.1. The van der Waals surface area contributed by atoms with E-state index < -0.39 is 11.0 Å². The van der Waals surface area contributed by atoms with Crippen molar-refractivity contribution in [1.29, 1.82) is 0 Å². The summed E-state index contributed by atoms with van der Waals surface area (Å²) < 4.78 is 2.13. The molecule has 2 aromatic heterocycles. The minimum Gasteiger partial charge on any atom is -0.322 e. The number of carbonyl (C=O) groups is 1. The maximum Gasteiger partial charge on any atom is 0.307 e. The lowest BCUT2D eigenvalue weighted by Crippen LogP contribution is -2.24. The third kappa shape index (κ3) is 2.98. The van der Waals surface area contributed by atoms with Gasteiger partial charge in [-0.25, -0.2) is 0 Å². The van der Waals surface area contributed by atoms with Crippen molar-refractivity contribution in [2.75, 3.05) is 5.32 Å². The number of pyridine rings is 1. The number of hydrogen-bond donors (Lipinski definition) is 1. The smallest absolute Gasteiger partial charge is 0.307 e. The Labute approximate surface area is 144 Å². The zero-order chi connectivity index (χ0) is 17.3. The first kappa shape index (κ1) is 16.1. The summed E-state index contributed by atoms with van der Waals surface area (Å²) >= 11 is 3.45. The van der Waals surface area contributed by atoms with Crippen LogP contribution >= 0.6 is 15.9 Å². The van der Waals surface area contributed by atoms with Crippen molar-refractivity contribution in [3.63, 3.8) is 0 Å². The third-order valence-corrected chi connectivity index (χ3v) is 4.24. The Hall–Kier alpha value is -2.81. The van der Waals surface area contributed by atoms with Crippen molar-refractivity contribution in [3.05, 3.63) is 57.4 Å². The van der Waals surface area contributed by atoms with Gasteiger partial charge >= 0.3 is 5.69 Å². The van der Waals surface area contributed by atoms with Gasteiger partial charge in [-0.3, -0.25) is 24.6 Å². The van der Waals surface area contributed by atoms with Gasteiger partial charge in [-0.2, -0.15) is 5.10 Å². The van der Waals surface area contributed by atoms with E-state index in [9.17, 15) is 14.9 Å². The topological polar surface area (TPSA) is 103 Å². The summed E-state index contributed by atoms with van der Waals surface area (Å²) in [6.45, 7) is 1.61. The molecule has 0 bridgehead atoms. The lowest BCUT2D eigenvalue weighted by molar-refractivity contribution is -0.385. The molecule has 24 heavy (non-hydrogen) atoms. The van der Waals surface area contributed by atoms with E-state index >= 15 is 0 Å². The van der Waals surface area contributed by atoms with Gasteiger partial charge < -0.3 is 5.32 Å². The maximum atomic E-state index is 12.4. The molecule has 3 aromatic rings. The Bertz CT molecular complexity index is 940. The van der Waals surface area contributed by atoms with Crippen LogP contribution in [0.2, 0.25) is 0 Å². The molecule has 3 rings (SSSR count). The molecule has 0 spiro atoms. The van der Waals surface area contributed by atoms with Gasteiger partial charge in [0.05, 0.1) is 16.1 Å². The van der Waals surface area contributed by atoms with E-state index in [2.05, 4.69) is 31.3 Å². The number of halogens is 1. The fourth-order valence-electron chi connectivity index (χ4n) is 2.23. The number of nitrogens with one attached hydrogen (secondary N) is 1. The van der Waals surface area contributed by atoms with Crippen LogP contribution in [0.25, 0.3) is 10.9 Å². The van der Waals surface area contributed by atoms with Crippen molar-refractivity contribution in [2.24, 2.45) is 0 Å². The Morgan fingerprint density at radius 1 is 1.42 bits per heavy atom. The molecule has 9 heteroatoms. The van der Waals surface area contributed by atoms with E-state index in [-0.39, 0.29) is 11.6 Å². The molecule has 0 saturated heterocycles. The SMILES string of the molecule is CC(C(=O)Nc1ccc(Br)c2cccnc12)n1cc([N+](=O)[O-])cn1. The predicted octanol–water partition coefficient (Wildman–Crippen LogP) is 3.30. The average molecular weight is 390 g/mol. The van der Waals surface area contributed by atoms with E-state index in [1.807, 2.05) is 18.2 Å². The summed E-state index contributed by atoms with van der Waals surface area (Å²) in [7, 11) is 0. The fraction of sp³-hybridized carbons (Fsp3) is 0.133. The Morgan fingerprint density at radius 3 is 2.92 bits per heavy atom. The molecule has 8 nitrogen and oxygen atoms in total. The first-order valence-corrected chi connectivity index (χ1v) is 7.79. The standard InChI is InChI=1S/C15H12BrN5O3/c1-9(20-8-10(7-18-20)21(23)24)15(22)19-13-5-4-12(16)11-3-2-6-17-14(11)13/h2-9H,1H3,(H,19,22). The molecule has 1 aromatic carbocycles. The summed E-state index contributed by atoms with van der Waals surface area (Å²) in [5.41, 5.74) is 1.05. The highest BCUT2D eigenvalue weighted by Gasteiger charge is 2.20. The second kappa shape index (κ2) is 6.36. The van der Waals surface area contributed by atoms with Crippen LogP contribution in [0.15, 0.2) is 47.3 Å². The van der Waals surface area contributed by atoms with E-state index in [4.69, 9.17) is 0 Å². The van der Waals surface area contributed by atoms with Crippen LogP contribution in [0.5, 0.6) is 0 Å². The molecule has 1 amide bonds. The van der Waals surface area contributed by atoms with Crippen LogP contribution in [0, 0.1) is 10.1 Å². The predicted molar refractivity (Wildman–Crippen MR) is 91.7 cm³/mol. The summed E-state index contributed by atoms with van der Waals surface area (Å²) in [6.07, 6.45) is 3.98. The number of hydrogen-bond acceptors (Lipinski definition) is 5. The number of carbonyl (C=O) groups excluding carboxylic acids is 1. The maximum absolute atomic E-state index is 12.4. The molecular weight excluding hydrogens is 378 g/mol. The van der Waals surface area contributed by atoms with Gasteiger partial charge in [-0.15, -0.1) is 0 Å². The lowest BCUT2D eigenvalue weighted by atomic mass is 10.2. The van der Waals surface area contributed by atoms with Crippen LogP contribution in [0.3, 0.4) is 0 Å². The van der Waals surface area contributed by atoms with Gasteiger partial charge in [0.15, 0.2) is 0 Å². The first-order valence-electron chi connectivity index (χ1n) is 7.00. The molecule has 1 unspecified atom stereocenters. The monoisotopic (exact) mass is 389 g/mol.